The Balaban J connectivity index is 1.23. The highest BCUT2D eigenvalue weighted by Crippen LogP contribution is 2.28. The molecule has 5 rings (SSSR count). The zero-order valence-corrected chi connectivity index (χ0v) is 20.7. The molecule has 7 nitrogen and oxygen atoms in total. The van der Waals surface area contributed by atoms with Gasteiger partial charge in [-0.2, -0.15) is 0 Å². The Hall–Kier alpha value is -4.00. The monoisotopic (exact) mass is 480 g/mol. The van der Waals surface area contributed by atoms with E-state index in [0.717, 1.165) is 66.6 Å². The van der Waals surface area contributed by atoms with E-state index in [2.05, 4.69) is 63.2 Å². The van der Waals surface area contributed by atoms with Gasteiger partial charge in [0.2, 0.25) is 11.9 Å². The largest absolute Gasteiger partial charge is 0.341 e. The van der Waals surface area contributed by atoms with E-state index < -0.39 is 0 Å². The molecule has 0 unspecified atom stereocenters. The Morgan fingerprint density at radius 1 is 0.917 bits per heavy atom. The van der Waals surface area contributed by atoms with Crippen LogP contribution in [0.4, 0.5) is 5.95 Å². The number of aryl methyl sites for hydroxylation is 2. The van der Waals surface area contributed by atoms with Crippen molar-refractivity contribution in [3.05, 3.63) is 84.3 Å². The Bertz CT molecular complexity index is 1280. The molecule has 0 atom stereocenters. The number of carbonyl (C=O) groups is 1. The summed E-state index contributed by atoms with van der Waals surface area (Å²) in [6.07, 6.45) is 6.57. The van der Waals surface area contributed by atoms with E-state index in [-0.39, 0.29) is 5.91 Å². The van der Waals surface area contributed by atoms with Crippen LogP contribution in [0.15, 0.2) is 73.1 Å². The summed E-state index contributed by atoms with van der Waals surface area (Å²) in [5.74, 6) is 1.82. The summed E-state index contributed by atoms with van der Waals surface area (Å²) in [6.45, 7) is 5.08. The lowest BCUT2D eigenvalue weighted by Crippen LogP contribution is -2.49. The van der Waals surface area contributed by atoms with Gasteiger partial charge in [0.25, 0.3) is 0 Å². The molecule has 0 saturated carbocycles. The summed E-state index contributed by atoms with van der Waals surface area (Å²) in [7, 11) is 0. The van der Waals surface area contributed by atoms with Crippen LogP contribution in [-0.2, 0) is 17.6 Å². The van der Waals surface area contributed by atoms with Crippen molar-refractivity contribution in [1.82, 2.24) is 24.8 Å². The number of aromatic amines is 1. The van der Waals surface area contributed by atoms with Crippen molar-refractivity contribution in [1.29, 1.82) is 0 Å². The van der Waals surface area contributed by atoms with E-state index >= 15 is 0 Å². The number of anilines is 1. The van der Waals surface area contributed by atoms with Gasteiger partial charge in [-0.05, 0) is 37.0 Å². The maximum Gasteiger partial charge on any atom is 0.225 e. The SMILES string of the molecule is CCc1cccc(-c2nc(-c3ccccc3)c(CCCC(=O)N3CCN(c4ncccn4)CC3)[nH]2)c1. The third-order valence-electron chi connectivity index (χ3n) is 6.72. The topological polar surface area (TPSA) is 78.0 Å². The van der Waals surface area contributed by atoms with E-state index in [4.69, 9.17) is 4.98 Å². The minimum atomic E-state index is 0.209. The number of amides is 1. The molecule has 1 amide bonds. The molecule has 36 heavy (non-hydrogen) atoms. The second kappa shape index (κ2) is 11.2. The molecular formula is C29H32N6O. The fraction of sp³-hybridized carbons (Fsp3) is 0.310. The fourth-order valence-electron chi connectivity index (χ4n) is 4.69. The highest BCUT2D eigenvalue weighted by atomic mass is 16.2. The summed E-state index contributed by atoms with van der Waals surface area (Å²) in [4.78, 5) is 34.2. The molecule has 7 heteroatoms. The van der Waals surface area contributed by atoms with Crippen LogP contribution in [0.25, 0.3) is 22.6 Å². The van der Waals surface area contributed by atoms with E-state index in [1.165, 1.54) is 5.56 Å². The van der Waals surface area contributed by atoms with Crippen molar-refractivity contribution >= 4 is 11.9 Å². The molecule has 2 aromatic carbocycles. The maximum atomic E-state index is 12.9. The normalized spacial score (nSPS) is 13.7. The number of imidazole rings is 1. The molecule has 0 bridgehead atoms. The van der Waals surface area contributed by atoms with E-state index in [1.54, 1.807) is 12.4 Å². The first-order chi connectivity index (χ1) is 17.7. The Morgan fingerprint density at radius 3 is 2.42 bits per heavy atom. The highest BCUT2D eigenvalue weighted by Gasteiger charge is 2.22. The number of hydrogen-bond acceptors (Lipinski definition) is 5. The molecule has 1 aliphatic heterocycles. The zero-order valence-electron chi connectivity index (χ0n) is 20.7. The minimum absolute atomic E-state index is 0.209. The van der Waals surface area contributed by atoms with Crippen LogP contribution in [0.3, 0.4) is 0 Å². The Labute approximate surface area is 212 Å². The van der Waals surface area contributed by atoms with Crippen LogP contribution in [0.2, 0.25) is 0 Å². The van der Waals surface area contributed by atoms with Crippen molar-refractivity contribution < 1.29 is 4.79 Å². The number of carbonyl (C=O) groups excluding carboxylic acids is 1. The van der Waals surface area contributed by atoms with E-state index in [0.29, 0.717) is 19.5 Å². The highest BCUT2D eigenvalue weighted by molar-refractivity contribution is 5.76. The first kappa shape index (κ1) is 23.7. The summed E-state index contributed by atoms with van der Waals surface area (Å²) in [6, 6.07) is 20.6. The number of rotatable bonds is 8. The quantitative estimate of drug-likeness (QED) is 0.393. The number of aromatic nitrogens is 4. The zero-order chi connectivity index (χ0) is 24.7. The lowest BCUT2D eigenvalue weighted by molar-refractivity contribution is -0.131. The van der Waals surface area contributed by atoms with Crippen LogP contribution in [0, 0.1) is 0 Å². The second-order valence-corrected chi connectivity index (χ2v) is 9.10. The molecule has 0 radical (unpaired) electrons. The molecule has 1 N–H and O–H groups in total. The van der Waals surface area contributed by atoms with Gasteiger partial charge in [0.05, 0.1) is 5.69 Å². The summed E-state index contributed by atoms with van der Waals surface area (Å²) in [5, 5.41) is 0. The Morgan fingerprint density at radius 2 is 1.67 bits per heavy atom. The fourth-order valence-corrected chi connectivity index (χ4v) is 4.69. The minimum Gasteiger partial charge on any atom is -0.341 e. The van der Waals surface area contributed by atoms with E-state index in [9.17, 15) is 4.79 Å². The number of H-pyrrole nitrogens is 1. The van der Waals surface area contributed by atoms with Crippen LogP contribution >= 0.6 is 0 Å². The van der Waals surface area contributed by atoms with Crippen molar-refractivity contribution in [3.63, 3.8) is 0 Å². The average Bonchev–Trinajstić information content (AvgIpc) is 3.38. The summed E-state index contributed by atoms with van der Waals surface area (Å²) >= 11 is 0. The third-order valence-corrected chi connectivity index (χ3v) is 6.72. The van der Waals surface area contributed by atoms with Crippen molar-refractivity contribution in [2.24, 2.45) is 0 Å². The summed E-state index contributed by atoms with van der Waals surface area (Å²) in [5.41, 5.74) is 5.52. The van der Waals surface area contributed by atoms with Crippen LogP contribution in [0.5, 0.6) is 0 Å². The number of nitrogens with one attached hydrogen (secondary N) is 1. The van der Waals surface area contributed by atoms with Gasteiger partial charge in [0, 0.05) is 61.8 Å². The Kier molecular flexibility index (Phi) is 7.36. The lowest BCUT2D eigenvalue weighted by Gasteiger charge is -2.34. The van der Waals surface area contributed by atoms with Crippen LogP contribution < -0.4 is 4.90 Å². The van der Waals surface area contributed by atoms with Crippen molar-refractivity contribution in [2.45, 2.75) is 32.6 Å². The molecule has 0 aliphatic carbocycles. The van der Waals surface area contributed by atoms with Crippen LogP contribution in [0.1, 0.15) is 31.0 Å². The van der Waals surface area contributed by atoms with Gasteiger partial charge >= 0.3 is 0 Å². The van der Waals surface area contributed by atoms with Crippen LogP contribution in [-0.4, -0.2) is 56.9 Å². The van der Waals surface area contributed by atoms with Crippen molar-refractivity contribution in [3.8, 4) is 22.6 Å². The third kappa shape index (κ3) is 5.46. The maximum absolute atomic E-state index is 12.9. The molecule has 0 spiro atoms. The first-order valence-electron chi connectivity index (χ1n) is 12.7. The second-order valence-electron chi connectivity index (χ2n) is 9.10. The van der Waals surface area contributed by atoms with Gasteiger partial charge in [-0.15, -0.1) is 0 Å². The molecule has 2 aromatic heterocycles. The standard InChI is InChI=1S/C29H32N6O/c1-2-22-9-6-12-24(21-22)28-32-25(27(33-28)23-10-4-3-5-11-23)13-7-14-26(36)34-17-19-35(20-18-34)29-30-15-8-16-31-29/h3-6,8-12,15-16,21H,2,7,13-14,17-20H2,1H3,(H,32,33). The van der Waals surface area contributed by atoms with Gasteiger partial charge in [0.15, 0.2) is 0 Å². The smallest absolute Gasteiger partial charge is 0.225 e. The number of benzene rings is 2. The molecule has 4 aromatic rings. The van der Waals surface area contributed by atoms with Crippen molar-refractivity contribution in [2.75, 3.05) is 31.1 Å². The van der Waals surface area contributed by atoms with Gasteiger partial charge < -0.3 is 14.8 Å². The lowest BCUT2D eigenvalue weighted by atomic mass is 10.1. The predicted molar refractivity (Wildman–Crippen MR) is 143 cm³/mol. The van der Waals surface area contributed by atoms with Gasteiger partial charge in [0.1, 0.15) is 5.82 Å². The molecule has 1 fully saturated rings. The first-order valence-corrected chi connectivity index (χ1v) is 12.7. The number of nitrogens with zero attached hydrogens (tertiary/aromatic N) is 5. The number of hydrogen-bond donors (Lipinski definition) is 1. The van der Waals surface area contributed by atoms with E-state index in [1.807, 2.05) is 29.2 Å². The summed E-state index contributed by atoms with van der Waals surface area (Å²) < 4.78 is 0. The van der Waals surface area contributed by atoms with Gasteiger partial charge in [-0.1, -0.05) is 55.5 Å². The average molecular weight is 481 g/mol. The van der Waals surface area contributed by atoms with Gasteiger partial charge in [-0.25, -0.2) is 15.0 Å². The molecule has 1 saturated heterocycles. The molecule has 1 aliphatic rings. The number of piperazine rings is 1. The molecule has 3 heterocycles. The molecular weight excluding hydrogens is 448 g/mol. The van der Waals surface area contributed by atoms with Gasteiger partial charge in [-0.3, -0.25) is 4.79 Å². The molecule has 184 valence electrons. The predicted octanol–water partition coefficient (Wildman–Crippen LogP) is 4.77.